The molecular formula is C6H4Br2O2S. The number of carbonyl (C=O) groups excluding carboxylic acids is 1. The summed E-state index contributed by atoms with van der Waals surface area (Å²) in [4.78, 5) is 11.5. The first-order valence-corrected chi connectivity index (χ1v) is 5.08. The van der Waals surface area contributed by atoms with E-state index in [0.717, 1.165) is 8.26 Å². The standard InChI is InChI=1S/C6H4Br2O2S/c1-10-6(9)4-2-3(7)5(8)11-4/h2H,1H3. The zero-order valence-electron chi connectivity index (χ0n) is 5.56. The fourth-order valence-electron chi connectivity index (χ4n) is 0.548. The molecule has 0 fully saturated rings. The maximum absolute atomic E-state index is 10.9. The number of hydrogen-bond acceptors (Lipinski definition) is 3. The second-order valence-corrected chi connectivity index (χ2v) is 4.95. The highest BCUT2D eigenvalue weighted by Gasteiger charge is 2.11. The summed E-state index contributed by atoms with van der Waals surface area (Å²) >= 11 is 7.89. The number of thiophene rings is 1. The van der Waals surface area contributed by atoms with E-state index in [9.17, 15) is 4.79 Å². The molecule has 0 aliphatic heterocycles. The molecule has 0 N–H and O–H groups in total. The van der Waals surface area contributed by atoms with Gasteiger partial charge in [0.15, 0.2) is 0 Å². The van der Waals surface area contributed by atoms with Crippen molar-refractivity contribution >= 4 is 49.2 Å². The van der Waals surface area contributed by atoms with Crippen molar-refractivity contribution < 1.29 is 9.53 Å². The molecule has 0 spiro atoms. The summed E-state index contributed by atoms with van der Waals surface area (Å²) < 4.78 is 6.31. The smallest absolute Gasteiger partial charge is 0.348 e. The van der Waals surface area contributed by atoms with Crippen molar-refractivity contribution in [3.63, 3.8) is 0 Å². The SMILES string of the molecule is COC(=O)c1cc(Br)c(Br)s1. The molecule has 0 saturated carbocycles. The van der Waals surface area contributed by atoms with Gasteiger partial charge in [-0.1, -0.05) is 0 Å². The third-order valence-electron chi connectivity index (χ3n) is 1.03. The van der Waals surface area contributed by atoms with E-state index in [-0.39, 0.29) is 5.97 Å². The Kier molecular flexibility index (Phi) is 3.09. The summed E-state index contributed by atoms with van der Waals surface area (Å²) in [7, 11) is 1.36. The Morgan fingerprint density at radius 3 is 2.64 bits per heavy atom. The van der Waals surface area contributed by atoms with E-state index >= 15 is 0 Å². The average molecular weight is 300 g/mol. The molecule has 11 heavy (non-hydrogen) atoms. The predicted molar refractivity (Wildman–Crippen MR) is 51.1 cm³/mol. The van der Waals surface area contributed by atoms with Crippen LogP contribution in [-0.4, -0.2) is 13.1 Å². The molecule has 0 bridgehead atoms. The monoisotopic (exact) mass is 298 g/mol. The van der Waals surface area contributed by atoms with Gasteiger partial charge in [0.25, 0.3) is 0 Å². The summed E-state index contributed by atoms with van der Waals surface area (Å²) in [6.45, 7) is 0. The van der Waals surface area contributed by atoms with Crippen LogP contribution >= 0.6 is 43.2 Å². The lowest BCUT2D eigenvalue weighted by Gasteiger charge is -1.90. The Bertz CT molecular complexity index is 263. The van der Waals surface area contributed by atoms with Crippen LogP contribution in [0.15, 0.2) is 14.3 Å². The number of carbonyl (C=O) groups is 1. The fourth-order valence-corrected chi connectivity index (χ4v) is 2.50. The van der Waals surface area contributed by atoms with Gasteiger partial charge in [-0.3, -0.25) is 0 Å². The molecule has 60 valence electrons. The molecule has 0 atom stereocenters. The summed E-state index contributed by atoms with van der Waals surface area (Å²) in [5, 5.41) is 0. The van der Waals surface area contributed by atoms with Crippen molar-refractivity contribution in [2.24, 2.45) is 0 Å². The van der Waals surface area contributed by atoms with E-state index in [2.05, 4.69) is 36.6 Å². The number of esters is 1. The van der Waals surface area contributed by atoms with Crippen LogP contribution in [0, 0.1) is 0 Å². The second kappa shape index (κ2) is 3.69. The second-order valence-electron chi connectivity index (χ2n) is 1.72. The number of methoxy groups -OCH3 is 1. The summed E-state index contributed by atoms with van der Waals surface area (Å²) in [6, 6.07) is 1.72. The van der Waals surface area contributed by atoms with Gasteiger partial charge < -0.3 is 4.74 Å². The van der Waals surface area contributed by atoms with Crippen LogP contribution < -0.4 is 0 Å². The van der Waals surface area contributed by atoms with Crippen LogP contribution in [0.4, 0.5) is 0 Å². The van der Waals surface area contributed by atoms with Gasteiger partial charge in [0.2, 0.25) is 0 Å². The third kappa shape index (κ3) is 2.04. The molecule has 0 aliphatic rings. The number of hydrogen-bond donors (Lipinski definition) is 0. The van der Waals surface area contributed by atoms with E-state index in [1.54, 1.807) is 6.07 Å². The molecule has 1 heterocycles. The van der Waals surface area contributed by atoms with Gasteiger partial charge in [-0.2, -0.15) is 0 Å². The van der Waals surface area contributed by atoms with Crippen LogP contribution in [0.1, 0.15) is 9.67 Å². The van der Waals surface area contributed by atoms with E-state index < -0.39 is 0 Å². The Hall–Kier alpha value is 0.130. The van der Waals surface area contributed by atoms with Crippen molar-refractivity contribution in [2.45, 2.75) is 0 Å². The van der Waals surface area contributed by atoms with E-state index in [0.29, 0.717) is 4.88 Å². The minimum Gasteiger partial charge on any atom is -0.465 e. The van der Waals surface area contributed by atoms with Crippen LogP contribution in [-0.2, 0) is 4.74 Å². The topological polar surface area (TPSA) is 26.3 Å². The number of ether oxygens (including phenoxy) is 1. The highest BCUT2D eigenvalue weighted by atomic mass is 79.9. The molecular weight excluding hydrogens is 296 g/mol. The van der Waals surface area contributed by atoms with Gasteiger partial charge in [-0.05, 0) is 37.9 Å². The van der Waals surface area contributed by atoms with Gasteiger partial charge in [0, 0.05) is 4.47 Å². The first-order chi connectivity index (χ1) is 5.15. The quantitative estimate of drug-likeness (QED) is 0.745. The molecule has 0 radical (unpaired) electrons. The highest BCUT2D eigenvalue weighted by Crippen LogP contribution is 2.32. The number of halogens is 2. The van der Waals surface area contributed by atoms with Crippen LogP contribution in [0.5, 0.6) is 0 Å². The van der Waals surface area contributed by atoms with Crippen molar-refractivity contribution in [3.8, 4) is 0 Å². The molecule has 2 nitrogen and oxygen atoms in total. The van der Waals surface area contributed by atoms with Gasteiger partial charge >= 0.3 is 5.97 Å². The van der Waals surface area contributed by atoms with Crippen molar-refractivity contribution in [1.29, 1.82) is 0 Å². The molecule has 0 unspecified atom stereocenters. The Balaban J connectivity index is 2.97. The lowest BCUT2D eigenvalue weighted by atomic mass is 10.5. The summed E-state index contributed by atoms with van der Waals surface area (Å²) in [5.41, 5.74) is 0. The highest BCUT2D eigenvalue weighted by molar-refractivity contribution is 9.13. The van der Waals surface area contributed by atoms with Crippen molar-refractivity contribution in [1.82, 2.24) is 0 Å². The molecule has 5 heteroatoms. The minimum atomic E-state index is -0.304. The zero-order chi connectivity index (χ0) is 8.43. The van der Waals surface area contributed by atoms with Crippen LogP contribution in [0.2, 0.25) is 0 Å². The van der Waals surface area contributed by atoms with Crippen LogP contribution in [0.25, 0.3) is 0 Å². The predicted octanol–water partition coefficient (Wildman–Crippen LogP) is 3.06. The van der Waals surface area contributed by atoms with Crippen molar-refractivity contribution in [2.75, 3.05) is 7.11 Å². The molecule has 1 rings (SSSR count). The lowest BCUT2D eigenvalue weighted by molar-refractivity contribution is 0.0606. The zero-order valence-corrected chi connectivity index (χ0v) is 9.55. The van der Waals surface area contributed by atoms with E-state index in [1.165, 1.54) is 18.4 Å². The molecule has 0 saturated heterocycles. The molecule has 0 aliphatic carbocycles. The van der Waals surface area contributed by atoms with Crippen LogP contribution in [0.3, 0.4) is 0 Å². The summed E-state index contributed by atoms with van der Waals surface area (Å²) in [5.74, 6) is -0.304. The Labute approximate surface area is 84.8 Å². The molecule has 0 amide bonds. The van der Waals surface area contributed by atoms with Gasteiger partial charge in [-0.25, -0.2) is 4.79 Å². The lowest BCUT2D eigenvalue weighted by Crippen LogP contribution is -1.96. The maximum atomic E-state index is 10.9. The molecule has 1 aromatic heterocycles. The van der Waals surface area contributed by atoms with Gasteiger partial charge in [0.1, 0.15) is 4.88 Å². The van der Waals surface area contributed by atoms with Crippen molar-refractivity contribution in [3.05, 3.63) is 19.2 Å². The Morgan fingerprint density at radius 2 is 2.27 bits per heavy atom. The molecule has 1 aromatic rings. The van der Waals surface area contributed by atoms with E-state index in [4.69, 9.17) is 0 Å². The fraction of sp³-hybridized carbons (Fsp3) is 0.167. The third-order valence-corrected chi connectivity index (χ3v) is 4.27. The Morgan fingerprint density at radius 1 is 1.64 bits per heavy atom. The maximum Gasteiger partial charge on any atom is 0.348 e. The first-order valence-electron chi connectivity index (χ1n) is 2.68. The summed E-state index contributed by atoms with van der Waals surface area (Å²) in [6.07, 6.45) is 0. The average Bonchev–Trinajstić information content (AvgIpc) is 2.31. The first kappa shape index (κ1) is 9.22. The minimum absolute atomic E-state index is 0.304. The largest absolute Gasteiger partial charge is 0.465 e. The number of rotatable bonds is 1. The van der Waals surface area contributed by atoms with Gasteiger partial charge in [0.05, 0.1) is 10.9 Å². The normalized spacial score (nSPS) is 9.73. The van der Waals surface area contributed by atoms with Gasteiger partial charge in [-0.15, -0.1) is 11.3 Å². The molecule has 0 aromatic carbocycles. The van der Waals surface area contributed by atoms with E-state index in [1.807, 2.05) is 0 Å².